The second-order valence-corrected chi connectivity index (χ2v) is 5.21. The molecule has 0 amide bonds. The van der Waals surface area contributed by atoms with Crippen LogP contribution in [0.4, 0.5) is 10.2 Å². The summed E-state index contributed by atoms with van der Waals surface area (Å²) in [5.41, 5.74) is 7.58. The molecule has 0 saturated heterocycles. The number of aromatic nitrogens is 4. The summed E-state index contributed by atoms with van der Waals surface area (Å²) < 4.78 is 14.9. The highest BCUT2D eigenvalue weighted by atomic mass is 19.1. The van der Waals surface area contributed by atoms with E-state index in [-0.39, 0.29) is 11.9 Å². The van der Waals surface area contributed by atoms with Crippen molar-refractivity contribution in [3.63, 3.8) is 0 Å². The third-order valence-electron chi connectivity index (χ3n) is 3.45. The zero-order valence-electron chi connectivity index (χ0n) is 12.6. The molecule has 0 bridgehead atoms. The Balaban J connectivity index is 1.84. The molecular weight excluding hydrogens is 295 g/mol. The molecule has 2 aromatic heterocycles. The minimum absolute atomic E-state index is 0.144. The molecule has 3 aromatic rings. The molecular formula is C16H17FN6. The van der Waals surface area contributed by atoms with Crippen LogP contribution in [0.2, 0.25) is 0 Å². The van der Waals surface area contributed by atoms with Crippen molar-refractivity contribution in [2.24, 2.45) is 7.05 Å². The van der Waals surface area contributed by atoms with Crippen molar-refractivity contribution in [2.45, 2.75) is 12.6 Å². The van der Waals surface area contributed by atoms with Crippen molar-refractivity contribution in [2.75, 3.05) is 5.73 Å². The van der Waals surface area contributed by atoms with Crippen LogP contribution in [0.5, 0.6) is 0 Å². The van der Waals surface area contributed by atoms with E-state index in [9.17, 15) is 4.39 Å². The number of rotatable bonds is 5. The Bertz CT molecular complexity index is 783. The van der Waals surface area contributed by atoms with E-state index < -0.39 is 0 Å². The number of anilines is 1. The van der Waals surface area contributed by atoms with Crippen LogP contribution in [0.1, 0.15) is 23.0 Å². The fraction of sp³-hybridized carbons (Fsp3) is 0.188. The molecule has 0 unspecified atom stereocenters. The van der Waals surface area contributed by atoms with E-state index in [0.29, 0.717) is 18.2 Å². The maximum absolute atomic E-state index is 13.2. The number of benzene rings is 1. The van der Waals surface area contributed by atoms with Crippen LogP contribution in [0, 0.1) is 5.82 Å². The highest BCUT2D eigenvalue weighted by Crippen LogP contribution is 2.22. The van der Waals surface area contributed by atoms with Gasteiger partial charge in [-0.15, -0.1) is 0 Å². The van der Waals surface area contributed by atoms with Crippen LogP contribution >= 0.6 is 0 Å². The van der Waals surface area contributed by atoms with Crippen molar-refractivity contribution >= 4 is 5.82 Å². The Morgan fingerprint density at radius 1 is 1.22 bits per heavy atom. The quantitative estimate of drug-likeness (QED) is 0.751. The first-order valence-corrected chi connectivity index (χ1v) is 7.16. The summed E-state index contributed by atoms with van der Waals surface area (Å²) in [7, 11) is 1.85. The van der Waals surface area contributed by atoms with Gasteiger partial charge in [-0.25, -0.2) is 14.4 Å². The second kappa shape index (κ2) is 6.53. The van der Waals surface area contributed by atoms with Crippen molar-refractivity contribution in [3.05, 3.63) is 71.7 Å². The number of nitrogen functional groups attached to an aromatic ring is 1. The summed E-state index contributed by atoms with van der Waals surface area (Å²) in [6.45, 7) is 0.433. The van der Waals surface area contributed by atoms with Crippen LogP contribution in [0.3, 0.4) is 0 Å². The van der Waals surface area contributed by atoms with Crippen molar-refractivity contribution in [1.29, 1.82) is 0 Å². The lowest BCUT2D eigenvalue weighted by Crippen LogP contribution is -2.23. The van der Waals surface area contributed by atoms with E-state index in [4.69, 9.17) is 5.73 Å². The zero-order chi connectivity index (χ0) is 16.2. The molecule has 23 heavy (non-hydrogen) atoms. The number of hydrogen-bond donors (Lipinski definition) is 2. The maximum Gasteiger partial charge on any atom is 0.144 e. The molecule has 0 saturated carbocycles. The third-order valence-corrected chi connectivity index (χ3v) is 3.45. The van der Waals surface area contributed by atoms with E-state index in [1.165, 1.54) is 12.1 Å². The standard InChI is InChI=1S/C16H17FN6/c1-23-10-12(8-21-23)16(11-2-4-13(17)5-3-11)20-9-15-19-7-6-14(18)22-15/h2-8,10,16,20H,9H2,1H3,(H2,18,19,22)/t16-/m0/s1. The SMILES string of the molecule is Cn1cc([C@@H](NCc2nccc(N)n2)c2ccc(F)cc2)cn1. The first kappa shape index (κ1) is 15.1. The Labute approximate surface area is 133 Å². The summed E-state index contributed by atoms with van der Waals surface area (Å²) in [4.78, 5) is 8.36. The molecule has 6 nitrogen and oxygen atoms in total. The minimum Gasteiger partial charge on any atom is -0.384 e. The van der Waals surface area contributed by atoms with E-state index in [0.717, 1.165) is 11.1 Å². The molecule has 2 heterocycles. The maximum atomic E-state index is 13.2. The van der Waals surface area contributed by atoms with Crippen LogP contribution in [-0.2, 0) is 13.6 Å². The smallest absolute Gasteiger partial charge is 0.144 e. The highest BCUT2D eigenvalue weighted by Gasteiger charge is 2.16. The molecule has 0 aliphatic heterocycles. The molecule has 0 aliphatic rings. The molecule has 118 valence electrons. The summed E-state index contributed by atoms with van der Waals surface area (Å²) in [5, 5.41) is 7.57. The van der Waals surface area contributed by atoms with Gasteiger partial charge in [-0.05, 0) is 23.8 Å². The minimum atomic E-state index is -0.266. The van der Waals surface area contributed by atoms with Gasteiger partial charge in [0.2, 0.25) is 0 Å². The normalized spacial score (nSPS) is 12.3. The van der Waals surface area contributed by atoms with Gasteiger partial charge in [-0.1, -0.05) is 12.1 Å². The fourth-order valence-electron chi connectivity index (χ4n) is 2.37. The van der Waals surface area contributed by atoms with Gasteiger partial charge in [-0.2, -0.15) is 5.10 Å². The van der Waals surface area contributed by atoms with Crippen LogP contribution in [-0.4, -0.2) is 19.7 Å². The predicted molar refractivity (Wildman–Crippen MR) is 84.7 cm³/mol. The molecule has 1 aromatic carbocycles. The van der Waals surface area contributed by atoms with Gasteiger partial charge in [0.25, 0.3) is 0 Å². The average molecular weight is 312 g/mol. The second-order valence-electron chi connectivity index (χ2n) is 5.21. The number of halogens is 1. The molecule has 7 heteroatoms. The Morgan fingerprint density at radius 2 is 2.00 bits per heavy atom. The predicted octanol–water partition coefficient (Wildman–Crippen LogP) is 1.81. The fourth-order valence-corrected chi connectivity index (χ4v) is 2.37. The van der Waals surface area contributed by atoms with Gasteiger partial charge in [0.1, 0.15) is 17.5 Å². The van der Waals surface area contributed by atoms with Gasteiger partial charge in [0.15, 0.2) is 0 Å². The van der Waals surface area contributed by atoms with Gasteiger partial charge in [0.05, 0.1) is 18.8 Å². The average Bonchev–Trinajstić information content (AvgIpc) is 2.96. The lowest BCUT2D eigenvalue weighted by Gasteiger charge is -2.17. The van der Waals surface area contributed by atoms with E-state index in [1.807, 2.05) is 13.2 Å². The number of nitrogens with one attached hydrogen (secondary N) is 1. The first-order chi connectivity index (χ1) is 11.1. The zero-order valence-corrected chi connectivity index (χ0v) is 12.6. The van der Waals surface area contributed by atoms with Crippen LogP contribution < -0.4 is 11.1 Å². The summed E-state index contributed by atoms with van der Waals surface area (Å²) in [6.07, 6.45) is 5.32. The van der Waals surface area contributed by atoms with Gasteiger partial charge >= 0.3 is 0 Å². The van der Waals surface area contributed by atoms with E-state index >= 15 is 0 Å². The van der Waals surface area contributed by atoms with Crippen molar-refractivity contribution < 1.29 is 4.39 Å². The summed E-state index contributed by atoms with van der Waals surface area (Å²) >= 11 is 0. The molecule has 0 spiro atoms. The van der Waals surface area contributed by atoms with Crippen LogP contribution in [0.15, 0.2) is 48.9 Å². The number of nitrogens with zero attached hydrogens (tertiary/aromatic N) is 4. The number of hydrogen-bond acceptors (Lipinski definition) is 5. The van der Waals surface area contributed by atoms with Gasteiger partial charge in [-0.3, -0.25) is 10.00 Å². The van der Waals surface area contributed by atoms with Gasteiger partial charge < -0.3 is 5.73 Å². The monoisotopic (exact) mass is 312 g/mol. The number of nitrogens with two attached hydrogens (primary N) is 1. The molecule has 0 radical (unpaired) electrons. The number of aryl methyl sites for hydroxylation is 1. The topological polar surface area (TPSA) is 81.7 Å². The largest absolute Gasteiger partial charge is 0.384 e. The molecule has 3 rings (SSSR count). The third kappa shape index (κ3) is 3.70. The van der Waals surface area contributed by atoms with E-state index in [2.05, 4.69) is 20.4 Å². The first-order valence-electron chi connectivity index (χ1n) is 7.16. The molecule has 1 atom stereocenters. The molecule has 3 N–H and O–H groups in total. The lowest BCUT2D eigenvalue weighted by molar-refractivity contribution is 0.582. The van der Waals surface area contributed by atoms with Crippen molar-refractivity contribution in [1.82, 2.24) is 25.1 Å². The highest BCUT2D eigenvalue weighted by molar-refractivity contribution is 5.30. The van der Waals surface area contributed by atoms with Crippen molar-refractivity contribution in [3.8, 4) is 0 Å². The lowest BCUT2D eigenvalue weighted by atomic mass is 10.0. The van der Waals surface area contributed by atoms with Crippen LogP contribution in [0.25, 0.3) is 0 Å². The summed E-state index contributed by atoms with van der Waals surface area (Å²) in [6, 6.07) is 7.88. The molecule has 0 aliphatic carbocycles. The Hall–Kier alpha value is -2.80. The Kier molecular flexibility index (Phi) is 4.29. The van der Waals surface area contributed by atoms with E-state index in [1.54, 1.807) is 35.3 Å². The summed E-state index contributed by atoms with van der Waals surface area (Å²) in [5.74, 6) is 0.760. The van der Waals surface area contributed by atoms with Gasteiger partial charge in [0, 0.05) is 25.0 Å². The Morgan fingerprint density at radius 3 is 2.65 bits per heavy atom. The molecule has 0 fully saturated rings.